The van der Waals surface area contributed by atoms with E-state index in [-0.39, 0.29) is 5.69 Å². The van der Waals surface area contributed by atoms with Gasteiger partial charge in [-0.1, -0.05) is 6.07 Å². The Morgan fingerprint density at radius 3 is 3.00 bits per heavy atom. The monoisotopic (exact) mass is 178 g/mol. The molecule has 5 nitrogen and oxygen atoms in total. The fourth-order valence-electron chi connectivity index (χ4n) is 1.42. The molecule has 0 saturated heterocycles. The summed E-state index contributed by atoms with van der Waals surface area (Å²) in [4.78, 5) is 14.0. The maximum atomic E-state index is 11.2. The molecule has 0 fully saturated rings. The van der Waals surface area contributed by atoms with Gasteiger partial charge in [0.15, 0.2) is 0 Å². The minimum atomic E-state index is -0.141. The molecule has 13 heavy (non-hydrogen) atoms. The molecule has 2 aromatic rings. The second kappa shape index (κ2) is 2.63. The molecule has 0 unspecified atom stereocenters. The number of aromatic nitrogens is 2. The summed E-state index contributed by atoms with van der Waals surface area (Å²) >= 11 is 0. The van der Waals surface area contributed by atoms with Crippen molar-refractivity contribution in [3.05, 3.63) is 28.7 Å². The number of fused-ring (bicyclic) bond motifs is 1. The van der Waals surface area contributed by atoms with Crippen molar-refractivity contribution >= 4 is 16.7 Å². The smallest absolute Gasteiger partial charge is 0.322 e. The average Bonchev–Trinajstić information content (AvgIpc) is 2.43. The SMILES string of the molecule is Cn1c(=O)[nH]c2cccc(NN)c21. The molecule has 0 aliphatic heterocycles. The average molecular weight is 178 g/mol. The quantitative estimate of drug-likeness (QED) is 0.430. The Bertz CT molecular complexity index is 496. The van der Waals surface area contributed by atoms with Crippen molar-refractivity contribution in [3.8, 4) is 0 Å². The van der Waals surface area contributed by atoms with Crippen LogP contribution in [0, 0.1) is 0 Å². The van der Waals surface area contributed by atoms with E-state index in [4.69, 9.17) is 5.84 Å². The maximum Gasteiger partial charge on any atom is 0.326 e. The number of hydrogen-bond donors (Lipinski definition) is 3. The van der Waals surface area contributed by atoms with Crippen LogP contribution in [0.5, 0.6) is 0 Å². The number of aryl methyl sites for hydroxylation is 1. The third-order valence-corrected chi connectivity index (χ3v) is 2.07. The van der Waals surface area contributed by atoms with Crippen LogP contribution < -0.4 is 17.0 Å². The molecule has 0 spiro atoms. The summed E-state index contributed by atoms with van der Waals surface area (Å²) in [7, 11) is 1.70. The summed E-state index contributed by atoms with van der Waals surface area (Å²) in [5.41, 5.74) is 4.71. The number of benzene rings is 1. The predicted octanol–water partition coefficient (Wildman–Crippen LogP) is 0.152. The summed E-state index contributed by atoms with van der Waals surface area (Å²) in [6.45, 7) is 0. The number of hydrogen-bond acceptors (Lipinski definition) is 3. The highest BCUT2D eigenvalue weighted by molar-refractivity contribution is 5.88. The first kappa shape index (κ1) is 7.88. The minimum absolute atomic E-state index is 0.141. The van der Waals surface area contributed by atoms with Crippen LogP contribution in [-0.4, -0.2) is 9.55 Å². The second-order valence-electron chi connectivity index (χ2n) is 2.84. The van der Waals surface area contributed by atoms with E-state index in [1.54, 1.807) is 7.05 Å². The largest absolute Gasteiger partial charge is 0.326 e. The molecule has 0 aliphatic rings. The number of anilines is 1. The van der Waals surface area contributed by atoms with Gasteiger partial charge in [-0.3, -0.25) is 10.4 Å². The molecule has 0 saturated carbocycles. The Labute approximate surface area is 74.1 Å². The van der Waals surface area contributed by atoms with E-state index in [1.807, 2.05) is 18.2 Å². The van der Waals surface area contributed by atoms with Gasteiger partial charge in [-0.25, -0.2) is 4.79 Å². The van der Waals surface area contributed by atoms with E-state index in [2.05, 4.69) is 10.4 Å². The Morgan fingerprint density at radius 2 is 2.31 bits per heavy atom. The molecular formula is C8H10N4O. The van der Waals surface area contributed by atoms with Crippen LogP contribution in [0.3, 0.4) is 0 Å². The second-order valence-corrected chi connectivity index (χ2v) is 2.84. The molecule has 0 aliphatic carbocycles. The Kier molecular flexibility index (Phi) is 1.60. The third-order valence-electron chi connectivity index (χ3n) is 2.07. The van der Waals surface area contributed by atoms with Crippen LogP contribution in [0.4, 0.5) is 5.69 Å². The van der Waals surface area contributed by atoms with Crippen LogP contribution in [0.25, 0.3) is 11.0 Å². The fourth-order valence-corrected chi connectivity index (χ4v) is 1.42. The molecule has 5 heteroatoms. The van der Waals surface area contributed by atoms with Crippen molar-refractivity contribution in [2.45, 2.75) is 0 Å². The topological polar surface area (TPSA) is 75.8 Å². The highest BCUT2D eigenvalue weighted by Gasteiger charge is 2.05. The lowest BCUT2D eigenvalue weighted by Gasteiger charge is -2.02. The first-order valence-electron chi connectivity index (χ1n) is 3.88. The summed E-state index contributed by atoms with van der Waals surface area (Å²) < 4.78 is 1.52. The molecule has 1 aromatic carbocycles. The number of rotatable bonds is 1. The first-order valence-corrected chi connectivity index (χ1v) is 3.88. The van der Waals surface area contributed by atoms with E-state index in [9.17, 15) is 4.79 Å². The molecule has 1 heterocycles. The van der Waals surface area contributed by atoms with Crippen molar-refractivity contribution in [2.24, 2.45) is 12.9 Å². The van der Waals surface area contributed by atoms with E-state index >= 15 is 0 Å². The van der Waals surface area contributed by atoms with Crippen molar-refractivity contribution in [2.75, 3.05) is 5.43 Å². The lowest BCUT2D eigenvalue weighted by atomic mass is 10.3. The van der Waals surface area contributed by atoms with Crippen LogP contribution in [-0.2, 0) is 7.05 Å². The number of nitrogens with one attached hydrogen (secondary N) is 2. The zero-order valence-corrected chi connectivity index (χ0v) is 7.16. The van der Waals surface area contributed by atoms with Gasteiger partial charge >= 0.3 is 5.69 Å². The number of imidazole rings is 1. The van der Waals surface area contributed by atoms with Crippen LogP contribution in [0.15, 0.2) is 23.0 Å². The molecule has 4 N–H and O–H groups in total. The summed E-state index contributed by atoms with van der Waals surface area (Å²) in [6, 6.07) is 5.47. The summed E-state index contributed by atoms with van der Waals surface area (Å²) in [6.07, 6.45) is 0. The fraction of sp³-hybridized carbons (Fsp3) is 0.125. The van der Waals surface area contributed by atoms with E-state index in [1.165, 1.54) is 4.57 Å². The molecule has 0 amide bonds. The molecule has 0 atom stereocenters. The standard InChI is InChI=1S/C8H10N4O/c1-12-7-5(10-8(12)13)3-2-4-6(7)11-9/h2-4,11H,9H2,1H3,(H,10,13). The van der Waals surface area contributed by atoms with Crippen molar-refractivity contribution < 1.29 is 0 Å². The van der Waals surface area contributed by atoms with Gasteiger partial charge in [0, 0.05) is 7.05 Å². The zero-order valence-electron chi connectivity index (χ0n) is 7.16. The van der Waals surface area contributed by atoms with Crippen LogP contribution >= 0.6 is 0 Å². The summed E-state index contributed by atoms with van der Waals surface area (Å²) in [5.74, 6) is 5.31. The number of hydrazine groups is 1. The molecule has 0 radical (unpaired) electrons. The molecule has 1 aromatic heterocycles. The highest BCUT2D eigenvalue weighted by atomic mass is 16.1. The van der Waals surface area contributed by atoms with Crippen LogP contribution in [0.1, 0.15) is 0 Å². The van der Waals surface area contributed by atoms with Gasteiger partial charge in [-0.15, -0.1) is 0 Å². The zero-order chi connectivity index (χ0) is 9.42. The molecule has 0 bridgehead atoms. The third kappa shape index (κ3) is 1.01. The van der Waals surface area contributed by atoms with Gasteiger partial charge in [0.25, 0.3) is 0 Å². The van der Waals surface area contributed by atoms with E-state index in [0.717, 1.165) is 16.7 Å². The molecule has 68 valence electrons. The molecular weight excluding hydrogens is 168 g/mol. The Balaban J connectivity index is 2.95. The van der Waals surface area contributed by atoms with Gasteiger partial charge in [0.05, 0.1) is 16.7 Å². The number of nitrogens with two attached hydrogens (primary N) is 1. The summed E-state index contributed by atoms with van der Waals surface area (Å²) in [5, 5.41) is 0. The normalized spacial score (nSPS) is 10.6. The number of nitrogens with zero attached hydrogens (tertiary/aromatic N) is 1. The predicted molar refractivity (Wildman–Crippen MR) is 51.3 cm³/mol. The number of H-pyrrole nitrogens is 1. The maximum absolute atomic E-state index is 11.2. The lowest BCUT2D eigenvalue weighted by Crippen LogP contribution is -2.13. The number of nitrogen functional groups attached to an aromatic ring is 1. The Hall–Kier alpha value is -1.75. The number of para-hydroxylation sites is 1. The lowest BCUT2D eigenvalue weighted by molar-refractivity contribution is 0.891. The Morgan fingerprint density at radius 1 is 1.54 bits per heavy atom. The van der Waals surface area contributed by atoms with Gasteiger partial charge in [0.1, 0.15) is 0 Å². The van der Waals surface area contributed by atoms with Gasteiger partial charge in [0.2, 0.25) is 0 Å². The van der Waals surface area contributed by atoms with Gasteiger partial charge < -0.3 is 10.4 Å². The molecule has 2 rings (SSSR count). The van der Waals surface area contributed by atoms with E-state index in [0.29, 0.717) is 0 Å². The van der Waals surface area contributed by atoms with Crippen molar-refractivity contribution in [1.82, 2.24) is 9.55 Å². The van der Waals surface area contributed by atoms with Gasteiger partial charge in [-0.2, -0.15) is 0 Å². The van der Waals surface area contributed by atoms with Crippen LogP contribution in [0.2, 0.25) is 0 Å². The minimum Gasteiger partial charge on any atom is -0.322 e. The van der Waals surface area contributed by atoms with Gasteiger partial charge in [-0.05, 0) is 12.1 Å². The first-order chi connectivity index (χ1) is 6.24. The number of aromatic amines is 1. The highest BCUT2D eigenvalue weighted by Crippen LogP contribution is 2.18. The van der Waals surface area contributed by atoms with Crippen molar-refractivity contribution in [1.29, 1.82) is 0 Å². The van der Waals surface area contributed by atoms with Crippen molar-refractivity contribution in [3.63, 3.8) is 0 Å². The van der Waals surface area contributed by atoms with E-state index < -0.39 is 0 Å².